The molecule has 0 aliphatic carbocycles. The molecule has 116 valence electrons. The van der Waals surface area contributed by atoms with Crippen molar-refractivity contribution < 1.29 is 14.8 Å². The van der Waals surface area contributed by atoms with E-state index in [9.17, 15) is 15.2 Å². The fourth-order valence-corrected chi connectivity index (χ4v) is 2.26. The van der Waals surface area contributed by atoms with Gasteiger partial charge in [0.2, 0.25) is 0 Å². The fourth-order valence-electron chi connectivity index (χ4n) is 2.26. The van der Waals surface area contributed by atoms with Gasteiger partial charge < -0.3 is 14.7 Å². The van der Waals surface area contributed by atoms with Crippen molar-refractivity contribution in [1.82, 2.24) is 9.80 Å². The van der Waals surface area contributed by atoms with Gasteiger partial charge in [0.05, 0.1) is 11.0 Å². The number of nitrogens with zero attached hydrogens (tertiary/aromatic N) is 3. The maximum Gasteiger partial charge on any atom is 0.273 e. The summed E-state index contributed by atoms with van der Waals surface area (Å²) in [5, 5.41) is 20.7. The van der Waals surface area contributed by atoms with Crippen molar-refractivity contribution >= 4 is 5.69 Å². The summed E-state index contributed by atoms with van der Waals surface area (Å²) in [5.41, 5.74) is -0.0129. The van der Waals surface area contributed by atoms with E-state index < -0.39 is 11.0 Å². The Kier molecular flexibility index (Phi) is 5.49. The van der Waals surface area contributed by atoms with Gasteiger partial charge in [-0.15, -0.1) is 0 Å². The number of nitro benzene ring substituents is 1. The summed E-state index contributed by atoms with van der Waals surface area (Å²) >= 11 is 0. The molecule has 1 heterocycles. The van der Waals surface area contributed by atoms with Crippen molar-refractivity contribution in [3.63, 3.8) is 0 Å². The summed E-state index contributed by atoms with van der Waals surface area (Å²) in [6, 6.07) is 5.99. The Labute approximate surface area is 123 Å². The lowest BCUT2D eigenvalue weighted by atomic mass is 10.2. The van der Waals surface area contributed by atoms with E-state index in [0.717, 1.165) is 26.2 Å². The van der Waals surface area contributed by atoms with Crippen molar-refractivity contribution in [2.45, 2.75) is 6.10 Å². The van der Waals surface area contributed by atoms with E-state index >= 15 is 0 Å². The van der Waals surface area contributed by atoms with Crippen LogP contribution < -0.4 is 4.74 Å². The van der Waals surface area contributed by atoms with Crippen molar-refractivity contribution in [2.75, 3.05) is 46.4 Å². The van der Waals surface area contributed by atoms with Crippen LogP contribution in [0.5, 0.6) is 5.75 Å². The highest BCUT2D eigenvalue weighted by atomic mass is 16.6. The number of nitro groups is 1. The van der Waals surface area contributed by atoms with E-state index in [0.29, 0.717) is 12.3 Å². The molecule has 1 aliphatic heterocycles. The maximum absolute atomic E-state index is 10.7. The van der Waals surface area contributed by atoms with Gasteiger partial charge in [-0.1, -0.05) is 6.07 Å². The number of rotatable bonds is 6. The molecule has 1 aliphatic rings. The summed E-state index contributed by atoms with van der Waals surface area (Å²) in [5.74, 6) is 0.404. The third-order valence-electron chi connectivity index (χ3n) is 3.54. The number of hydrogen-bond donors (Lipinski definition) is 1. The number of hydrogen-bond acceptors (Lipinski definition) is 6. The second-order valence-corrected chi connectivity index (χ2v) is 5.32. The van der Waals surface area contributed by atoms with Gasteiger partial charge >= 0.3 is 0 Å². The number of likely N-dealkylation sites (N-methyl/N-ethyl adjacent to an activating group) is 1. The van der Waals surface area contributed by atoms with Gasteiger partial charge in [-0.25, -0.2) is 0 Å². The first-order valence-corrected chi connectivity index (χ1v) is 7.01. The second kappa shape index (κ2) is 7.35. The van der Waals surface area contributed by atoms with Crippen molar-refractivity contribution in [1.29, 1.82) is 0 Å². The Hall–Kier alpha value is -1.70. The molecular formula is C14H21N3O4. The number of aliphatic hydroxyl groups is 1. The number of ether oxygens (including phenoxy) is 1. The zero-order valence-electron chi connectivity index (χ0n) is 12.1. The van der Waals surface area contributed by atoms with Crippen LogP contribution in [0.2, 0.25) is 0 Å². The molecule has 1 unspecified atom stereocenters. The van der Waals surface area contributed by atoms with Crippen molar-refractivity contribution in [3.8, 4) is 5.75 Å². The molecule has 1 fully saturated rings. The van der Waals surface area contributed by atoms with Crippen LogP contribution >= 0.6 is 0 Å². The molecule has 0 aromatic heterocycles. The summed E-state index contributed by atoms with van der Waals surface area (Å²) in [4.78, 5) is 14.7. The van der Waals surface area contributed by atoms with Gasteiger partial charge in [0, 0.05) is 38.8 Å². The zero-order valence-corrected chi connectivity index (χ0v) is 12.1. The monoisotopic (exact) mass is 295 g/mol. The highest BCUT2D eigenvalue weighted by Crippen LogP contribution is 2.19. The van der Waals surface area contributed by atoms with Crippen LogP contribution in [0.15, 0.2) is 24.3 Å². The highest BCUT2D eigenvalue weighted by Gasteiger charge is 2.17. The number of benzene rings is 1. The first-order chi connectivity index (χ1) is 10.0. The Balaban J connectivity index is 1.77. The number of non-ortho nitro benzene ring substituents is 1. The summed E-state index contributed by atoms with van der Waals surface area (Å²) < 4.78 is 5.43. The number of piperazine rings is 1. The van der Waals surface area contributed by atoms with Gasteiger partial charge in [0.25, 0.3) is 5.69 Å². The van der Waals surface area contributed by atoms with Crippen LogP contribution in [0.1, 0.15) is 0 Å². The molecule has 2 rings (SSSR count). The molecular weight excluding hydrogens is 274 g/mol. The number of aliphatic hydroxyl groups excluding tert-OH is 1. The Morgan fingerprint density at radius 2 is 2.10 bits per heavy atom. The molecule has 1 atom stereocenters. The average Bonchev–Trinajstić information content (AvgIpc) is 2.48. The molecule has 1 saturated heterocycles. The van der Waals surface area contributed by atoms with E-state index in [4.69, 9.17) is 4.74 Å². The first-order valence-electron chi connectivity index (χ1n) is 7.01. The Bertz CT molecular complexity index is 475. The van der Waals surface area contributed by atoms with Crippen LogP contribution in [0.25, 0.3) is 0 Å². The molecule has 0 amide bonds. The Morgan fingerprint density at radius 3 is 2.76 bits per heavy atom. The predicted molar refractivity (Wildman–Crippen MR) is 78.5 cm³/mol. The topological polar surface area (TPSA) is 79.1 Å². The average molecular weight is 295 g/mol. The predicted octanol–water partition coefficient (Wildman–Crippen LogP) is 0.582. The first kappa shape index (κ1) is 15.7. The lowest BCUT2D eigenvalue weighted by Crippen LogP contribution is -2.47. The van der Waals surface area contributed by atoms with E-state index in [1.807, 2.05) is 0 Å². The minimum atomic E-state index is -0.604. The van der Waals surface area contributed by atoms with Crippen LogP contribution in [-0.2, 0) is 0 Å². The summed E-state index contributed by atoms with van der Waals surface area (Å²) in [7, 11) is 2.08. The lowest BCUT2D eigenvalue weighted by Gasteiger charge is -2.33. The van der Waals surface area contributed by atoms with E-state index in [1.165, 1.54) is 12.1 Å². The normalized spacial score (nSPS) is 18.4. The molecule has 1 N–H and O–H groups in total. The summed E-state index contributed by atoms with van der Waals surface area (Å²) in [6.07, 6.45) is -0.604. The fraction of sp³-hybridized carbons (Fsp3) is 0.571. The highest BCUT2D eigenvalue weighted by molar-refractivity contribution is 5.37. The molecule has 0 saturated carbocycles. The van der Waals surface area contributed by atoms with E-state index in [2.05, 4.69) is 16.8 Å². The van der Waals surface area contributed by atoms with Gasteiger partial charge in [-0.05, 0) is 13.1 Å². The van der Waals surface area contributed by atoms with Crippen LogP contribution in [0.4, 0.5) is 5.69 Å². The lowest BCUT2D eigenvalue weighted by molar-refractivity contribution is -0.384. The van der Waals surface area contributed by atoms with E-state index in [-0.39, 0.29) is 12.3 Å². The van der Waals surface area contributed by atoms with Gasteiger partial charge in [0.1, 0.15) is 18.5 Å². The number of β-amino-alcohol motifs (C(OH)–C–C–N with tert-alkyl or cyclic N) is 1. The van der Waals surface area contributed by atoms with Gasteiger partial charge in [-0.3, -0.25) is 15.0 Å². The molecule has 0 bridgehead atoms. The molecule has 0 radical (unpaired) electrons. The van der Waals surface area contributed by atoms with Crippen molar-refractivity contribution in [3.05, 3.63) is 34.4 Å². The zero-order chi connectivity index (χ0) is 15.2. The van der Waals surface area contributed by atoms with Crippen LogP contribution in [0, 0.1) is 10.1 Å². The second-order valence-electron chi connectivity index (χ2n) is 5.32. The van der Waals surface area contributed by atoms with Crippen molar-refractivity contribution in [2.24, 2.45) is 0 Å². The molecule has 1 aromatic carbocycles. The molecule has 1 aromatic rings. The SMILES string of the molecule is CN1CCN(CC(O)COc2cccc([N+](=O)[O-])c2)CC1. The minimum Gasteiger partial charge on any atom is -0.491 e. The third kappa shape index (κ3) is 4.96. The van der Waals surface area contributed by atoms with Gasteiger partial charge in [0.15, 0.2) is 0 Å². The minimum absolute atomic E-state index is 0.0129. The maximum atomic E-state index is 10.7. The molecule has 7 heteroatoms. The van der Waals surface area contributed by atoms with Crippen LogP contribution in [0.3, 0.4) is 0 Å². The van der Waals surface area contributed by atoms with Gasteiger partial charge in [-0.2, -0.15) is 0 Å². The third-order valence-corrected chi connectivity index (χ3v) is 3.54. The van der Waals surface area contributed by atoms with Crippen LogP contribution in [-0.4, -0.2) is 72.3 Å². The smallest absolute Gasteiger partial charge is 0.273 e. The Morgan fingerprint density at radius 1 is 1.38 bits per heavy atom. The molecule has 21 heavy (non-hydrogen) atoms. The summed E-state index contributed by atoms with van der Waals surface area (Å²) in [6.45, 7) is 4.56. The largest absolute Gasteiger partial charge is 0.491 e. The molecule has 7 nitrogen and oxygen atoms in total. The quantitative estimate of drug-likeness (QED) is 0.611. The molecule has 0 spiro atoms. The standard InChI is InChI=1S/C14H21N3O4/c1-15-5-7-16(8-6-15)10-13(18)11-21-14-4-2-3-12(9-14)17(19)20/h2-4,9,13,18H,5-8,10-11H2,1H3. The van der Waals surface area contributed by atoms with E-state index in [1.54, 1.807) is 12.1 Å².